The van der Waals surface area contributed by atoms with E-state index in [0.717, 1.165) is 18.7 Å². The molecule has 2 aromatic rings. The molecule has 0 N–H and O–H groups in total. The monoisotopic (exact) mass is 308 g/mol. The first-order valence-corrected chi connectivity index (χ1v) is 7.32. The van der Waals surface area contributed by atoms with Gasteiger partial charge in [-0.15, -0.1) is 0 Å². The summed E-state index contributed by atoms with van der Waals surface area (Å²) < 4.78 is 1.51. The van der Waals surface area contributed by atoms with E-state index in [1.807, 2.05) is 19.2 Å². The number of hydrogen-bond acceptors (Lipinski definition) is 5. The van der Waals surface area contributed by atoms with Crippen LogP contribution in [0.25, 0.3) is 0 Å². The molecule has 0 aliphatic carbocycles. The quantitative estimate of drug-likeness (QED) is 0.633. The van der Waals surface area contributed by atoms with Gasteiger partial charge in [0.1, 0.15) is 0 Å². The van der Waals surface area contributed by atoms with Crippen molar-refractivity contribution in [2.24, 2.45) is 13.0 Å². The van der Waals surface area contributed by atoms with E-state index in [1.165, 1.54) is 16.3 Å². The highest BCUT2D eigenvalue weighted by atomic mass is 16.2. The highest BCUT2D eigenvalue weighted by Gasteiger charge is 2.31. The van der Waals surface area contributed by atoms with Crippen molar-refractivity contribution in [3.8, 4) is 6.07 Å². The number of nitrogens with zero attached hydrogens (tertiary/aromatic N) is 4. The van der Waals surface area contributed by atoms with Crippen LogP contribution in [0.15, 0.2) is 30.6 Å². The number of rotatable bonds is 4. The molecule has 0 amide bonds. The number of ketones is 2. The molecule has 1 aromatic carbocycles. The second-order valence-electron chi connectivity index (χ2n) is 5.67. The SMILES string of the molecule is CN1CCc2ccc(C(=O)[C@@H](C#N)C(=O)c3nccn3C)cc21. The first kappa shape index (κ1) is 15.0. The van der Waals surface area contributed by atoms with Gasteiger partial charge in [0, 0.05) is 44.3 Å². The smallest absolute Gasteiger partial charge is 0.223 e. The molecule has 3 rings (SSSR count). The number of likely N-dealkylation sites (N-methyl/N-ethyl adjacent to an activating group) is 1. The fraction of sp³-hybridized carbons (Fsp3) is 0.294. The average Bonchev–Trinajstić information content (AvgIpc) is 3.14. The molecule has 116 valence electrons. The van der Waals surface area contributed by atoms with Crippen molar-refractivity contribution >= 4 is 17.3 Å². The molecule has 0 bridgehead atoms. The summed E-state index contributed by atoms with van der Waals surface area (Å²) in [5.41, 5.74) is 2.54. The van der Waals surface area contributed by atoms with Gasteiger partial charge in [-0.05, 0) is 18.1 Å². The van der Waals surface area contributed by atoms with Crippen molar-refractivity contribution in [2.75, 3.05) is 18.5 Å². The van der Waals surface area contributed by atoms with Crippen LogP contribution in [0.1, 0.15) is 26.5 Å². The zero-order valence-corrected chi connectivity index (χ0v) is 13.0. The predicted molar refractivity (Wildman–Crippen MR) is 84.4 cm³/mol. The summed E-state index contributed by atoms with van der Waals surface area (Å²) in [5, 5.41) is 9.32. The fourth-order valence-electron chi connectivity index (χ4n) is 2.83. The Kier molecular flexibility index (Phi) is 3.70. The summed E-state index contributed by atoms with van der Waals surface area (Å²) in [4.78, 5) is 31.1. The Hall–Kier alpha value is -2.94. The van der Waals surface area contributed by atoms with Gasteiger partial charge in [0.05, 0.1) is 6.07 Å². The topological polar surface area (TPSA) is 79.0 Å². The van der Waals surface area contributed by atoms with Crippen molar-refractivity contribution in [2.45, 2.75) is 6.42 Å². The molecule has 1 atom stereocenters. The number of aromatic nitrogens is 2. The molecule has 6 nitrogen and oxygen atoms in total. The molecule has 0 unspecified atom stereocenters. The number of carbonyl (C=O) groups is 2. The van der Waals surface area contributed by atoms with Crippen LogP contribution in [0.4, 0.5) is 5.69 Å². The number of hydrogen-bond donors (Lipinski definition) is 0. The average molecular weight is 308 g/mol. The number of nitriles is 1. The maximum Gasteiger partial charge on any atom is 0.223 e. The van der Waals surface area contributed by atoms with Crippen LogP contribution >= 0.6 is 0 Å². The van der Waals surface area contributed by atoms with E-state index in [0.29, 0.717) is 5.56 Å². The molecule has 0 radical (unpaired) electrons. The van der Waals surface area contributed by atoms with Gasteiger partial charge in [-0.2, -0.15) is 5.26 Å². The Balaban J connectivity index is 1.93. The largest absolute Gasteiger partial charge is 0.374 e. The summed E-state index contributed by atoms with van der Waals surface area (Å²) in [6.45, 7) is 0.904. The van der Waals surface area contributed by atoms with Crippen molar-refractivity contribution in [3.05, 3.63) is 47.5 Å². The molecule has 0 spiro atoms. The van der Waals surface area contributed by atoms with Crippen LogP contribution in [0.3, 0.4) is 0 Å². The van der Waals surface area contributed by atoms with Crippen molar-refractivity contribution in [1.82, 2.24) is 9.55 Å². The molecule has 0 fully saturated rings. The van der Waals surface area contributed by atoms with E-state index in [9.17, 15) is 14.9 Å². The minimum atomic E-state index is -1.37. The number of benzene rings is 1. The van der Waals surface area contributed by atoms with Gasteiger partial charge in [0.2, 0.25) is 5.78 Å². The molecule has 1 aromatic heterocycles. The van der Waals surface area contributed by atoms with Gasteiger partial charge in [-0.1, -0.05) is 12.1 Å². The van der Waals surface area contributed by atoms with Crippen molar-refractivity contribution in [1.29, 1.82) is 5.26 Å². The second kappa shape index (κ2) is 5.69. The van der Waals surface area contributed by atoms with Gasteiger partial charge in [-0.3, -0.25) is 9.59 Å². The summed E-state index contributed by atoms with van der Waals surface area (Å²) in [5.74, 6) is -2.31. The third-order valence-electron chi connectivity index (χ3n) is 4.19. The number of Topliss-reactive ketones (excluding diaryl/α,β-unsaturated/α-hetero) is 2. The van der Waals surface area contributed by atoms with Gasteiger partial charge in [0.25, 0.3) is 0 Å². The van der Waals surface area contributed by atoms with Gasteiger partial charge in [-0.25, -0.2) is 4.98 Å². The van der Waals surface area contributed by atoms with Crippen molar-refractivity contribution in [3.63, 3.8) is 0 Å². The lowest BCUT2D eigenvalue weighted by Crippen LogP contribution is -2.25. The predicted octanol–water partition coefficient (Wildman–Crippen LogP) is 1.62. The molecular weight excluding hydrogens is 292 g/mol. The number of aryl methyl sites for hydroxylation is 1. The second-order valence-corrected chi connectivity index (χ2v) is 5.67. The van der Waals surface area contributed by atoms with E-state index in [1.54, 1.807) is 25.4 Å². The molecule has 0 saturated carbocycles. The Morgan fingerprint density at radius 2 is 2.09 bits per heavy atom. The maximum atomic E-state index is 12.6. The molecule has 23 heavy (non-hydrogen) atoms. The van der Waals surface area contributed by atoms with Crippen LogP contribution in [-0.4, -0.2) is 34.7 Å². The minimum Gasteiger partial charge on any atom is -0.374 e. The number of anilines is 1. The fourth-order valence-corrected chi connectivity index (χ4v) is 2.83. The first-order chi connectivity index (χ1) is 11.0. The number of carbonyl (C=O) groups excluding carboxylic acids is 2. The van der Waals surface area contributed by atoms with E-state index in [-0.39, 0.29) is 5.82 Å². The lowest BCUT2D eigenvalue weighted by molar-refractivity contribution is 0.0838. The van der Waals surface area contributed by atoms with Crippen LogP contribution in [0, 0.1) is 17.2 Å². The van der Waals surface area contributed by atoms with E-state index >= 15 is 0 Å². The molecule has 1 aliphatic rings. The maximum absolute atomic E-state index is 12.6. The first-order valence-electron chi connectivity index (χ1n) is 7.32. The van der Waals surface area contributed by atoms with E-state index in [4.69, 9.17) is 0 Å². The van der Waals surface area contributed by atoms with Crippen LogP contribution < -0.4 is 4.90 Å². The summed E-state index contributed by atoms with van der Waals surface area (Å²) >= 11 is 0. The van der Waals surface area contributed by atoms with Crippen molar-refractivity contribution < 1.29 is 9.59 Å². The highest BCUT2D eigenvalue weighted by Crippen LogP contribution is 2.28. The summed E-state index contributed by atoms with van der Waals surface area (Å²) in [7, 11) is 3.62. The lowest BCUT2D eigenvalue weighted by Gasteiger charge is -2.13. The Morgan fingerprint density at radius 3 is 2.74 bits per heavy atom. The Labute approximate surface area is 134 Å². The zero-order valence-electron chi connectivity index (χ0n) is 13.0. The lowest BCUT2D eigenvalue weighted by atomic mass is 9.93. The van der Waals surface area contributed by atoms with Crippen LogP contribution in [-0.2, 0) is 13.5 Å². The molecule has 2 heterocycles. The third kappa shape index (κ3) is 2.50. The third-order valence-corrected chi connectivity index (χ3v) is 4.19. The standard InChI is InChI=1S/C17H16N4O2/c1-20-7-5-11-3-4-12(9-14(11)20)15(22)13(10-18)16(23)17-19-6-8-21(17)2/h3-4,6,8-9,13H,5,7H2,1-2H3/t13-/m1/s1. The Bertz CT molecular complexity index is 831. The Morgan fingerprint density at radius 1 is 1.30 bits per heavy atom. The molecule has 6 heteroatoms. The zero-order chi connectivity index (χ0) is 16.6. The molecular formula is C17H16N4O2. The van der Waals surface area contributed by atoms with Gasteiger partial charge >= 0.3 is 0 Å². The number of fused-ring (bicyclic) bond motifs is 1. The normalized spacial score (nSPS) is 14.2. The van der Waals surface area contributed by atoms with E-state index < -0.39 is 17.5 Å². The van der Waals surface area contributed by atoms with Crippen LogP contribution in [0.5, 0.6) is 0 Å². The minimum absolute atomic E-state index is 0.114. The molecule has 1 aliphatic heterocycles. The molecule has 0 saturated heterocycles. The highest BCUT2D eigenvalue weighted by molar-refractivity contribution is 6.17. The van der Waals surface area contributed by atoms with Crippen LogP contribution in [0.2, 0.25) is 0 Å². The number of imidazole rings is 1. The van der Waals surface area contributed by atoms with Gasteiger partial charge < -0.3 is 9.47 Å². The summed E-state index contributed by atoms with van der Waals surface area (Å²) in [6, 6.07) is 7.18. The van der Waals surface area contributed by atoms with E-state index in [2.05, 4.69) is 9.88 Å². The summed E-state index contributed by atoms with van der Waals surface area (Å²) in [6.07, 6.45) is 4.02. The van der Waals surface area contributed by atoms with Gasteiger partial charge in [0.15, 0.2) is 17.5 Å².